The Morgan fingerprint density at radius 2 is 1.70 bits per heavy atom. The third-order valence-electron chi connectivity index (χ3n) is 7.83. The van der Waals surface area contributed by atoms with E-state index in [1.54, 1.807) is 11.9 Å². The van der Waals surface area contributed by atoms with Crippen LogP contribution in [0, 0.1) is 5.92 Å². The Morgan fingerprint density at radius 1 is 1.05 bits per heavy atom. The van der Waals surface area contributed by atoms with Crippen molar-refractivity contribution in [3.63, 3.8) is 0 Å². The van der Waals surface area contributed by atoms with Crippen LogP contribution in [0.25, 0.3) is 11.1 Å². The summed E-state index contributed by atoms with van der Waals surface area (Å²) < 4.78 is 2.12. The zero-order valence-corrected chi connectivity index (χ0v) is 25.1. The summed E-state index contributed by atoms with van der Waals surface area (Å²) in [5.74, 6) is -0.117. The van der Waals surface area contributed by atoms with Crippen LogP contribution in [0.15, 0.2) is 71.6 Å². The molecular weight excluding hydrogens is 516 g/mol. The lowest BCUT2D eigenvalue weighted by Gasteiger charge is -2.31. The first kappa shape index (κ1) is 30.3. The maximum absolute atomic E-state index is 10.8. The number of carboxylic acid groups (broad SMARTS) is 1. The summed E-state index contributed by atoms with van der Waals surface area (Å²) in [5.41, 5.74) is 7.56. The summed E-state index contributed by atoms with van der Waals surface area (Å²) in [7, 11) is 2.04. The predicted octanol–water partition coefficient (Wildman–Crippen LogP) is 6.41. The highest BCUT2D eigenvalue weighted by atomic mass is 32.2. The average molecular weight is 561 g/mol. The van der Waals surface area contributed by atoms with Crippen molar-refractivity contribution in [2.75, 3.05) is 20.1 Å². The molecule has 0 amide bonds. The van der Waals surface area contributed by atoms with Gasteiger partial charge in [0.15, 0.2) is 0 Å². The van der Waals surface area contributed by atoms with Crippen LogP contribution >= 0.6 is 11.9 Å². The predicted molar refractivity (Wildman–Crippen MR) is 166 cm³/mol. The van der Waals surface area contributed by atoms with E-state index in [9.17, 15) is 9.90 Å². The lowest BCUT2D eigenvalue weighted by Crippen LogP contribution is -2.46. The first-order valence-corrected chi connectivity index (χ1v) is 15.2. The minimum atomic E-state index is -0.770. The molecule has 5 nitrogen and oxygen atoms in total. The van der Waals surface area contributed by atoms with Crippen molar-refractivity contribution >= 4 is 17.9 Å². The van der Waals surface area contributed by atoms with Crippen LogP contribution in [0.2, 0.25) is 0 Å². The minimum absolute atomic E-state index is 0.0287. The van der Waals surface area contributed by atoms with E-state index in [-0.39, 0.29) is 12.0 Å². The van der Waals surface area contributed by atoms with Gasteiger partial charge in [-0.1, -0.05) is 67.6 Å². The van der Waals surface area contributed by atoms with Crippen molar-refractivity contribution in [1.29, 1.82) is 0 Å². The third-order valence-corrected chi connectivity index (χ3v) is 8.88. The molecule has 0 radical (unpaired) electrons. The van der Waals surface area contributed by atoms with Crippen LogP contribution in [0.1, 0.15) is 55.9 Å². The maximum atomic E-state index is 10.8. The van der Waals surface area contributed by atoms with E-state index in [2.05, 4.69) is 85.0 Å². The monoisotopic (exact) mass is 560 g/mol. The number of nitrogens with zero attached hydrogens (tertiary/aromatic N) is 1. The number of carbonyl (C=O) groups is 1. The standard InChI is InChI=1S/C34H44N2O3S/c1-5-26-20-30(27-13-10-24(11-14-27)12-17-33(38)39)15-16-32(26)40-36(4)23-31(37)22-35-34(2,3)21-25-18-28-8-6-7-9-29(28)19-25/h6-11,13-16,20,25,31,35,37H,5,12,17-19,21-23H2,1-4H3,(H,38,39)/t31-/m1/s1. The molecule has 0 fully saturated rings. The second-order valence-electron chi connectivity index (χ2n) is 11.8. The molecular formula is C34H44N2O3S. The number of benzene rings is 3. The number of aliphatic carboxylic acids is 1. The number of aliphatic hydroxyl groups is 1. The first-order chi connectivity index (χ1) is 19.1. The molecule has 0 heterocycles. The fraction of sp³-hybridized carbons (Fsp3) is 0.441. The van der Waals surface area contributed by atoms with E-state index in [0.29, 0.717) is 25.4 Å². The van der Waals surface area contributed by atoms with Crippen molar-refractivity contribution in [3.8, 4) is 11.1 Å². The second-order valence-corrected chi connectivity index (χ2v) is 13.1. The zero-order chi connectivity index (χ0) is 28.7. The smallest absolute Gasteiger partial charge is 0.303 e. The largest absolute Gasteiger partial charge is 0.481 e. The van der Waals surface area contributed by atoms with Gasteiger partial charge in [0.1, 0.15) is 0 Å². The van der Waals surface area contributed by atoms with Crippen LogP contribution in [-0.2, 0) is 30.5 Å². The summed E-state index contributed by atoms with van der Waals surface area (Å²) in [5, 5.41) is 23.4. The number of likely N-dealkylation sites (N-methyl/N-ethyl adjacent to an activating group) is 1. The van der Waals surface area contributed by atoms with Crippen molar-refractivity contribution in [3.05, 3.63) is 89.0 Å². The van der Waals surface area contributed by atoms with Gasteiger partial charge in [-0.25, -0.2) is 4.31 Å². The number of fused-ring (bicyclic) bond motifs is 1. The van der Waals surface area contributed by atoms with Crippen LogP contribution in [0.5, 0.6) is 0 Å². The number of β-amino-alcohol motifs (C(OH)–C–C–N with tert-alkyl or cyclic N) is 1. The Labute approximate surface area is 244 Å². The summed E-state index contributed by atoms with van der Waals surface area (Å²) in [6.07, 6.45) is 4.56. The van der Waals surface area contributed by atoms with Crippen molar-refractivity contribution in [2.24, 2.45) is 5.92 Å². The molecule has 0 saturated heterocycles. The second kappa shape index (κ2) is 13.8. The highest BCUT2D eigenvalue weighted by Gasteiger charge is 2.28. The van der Waals surface area contributed by atoms with Crippen molar-refractivity contribution < 1.29 is 15.0 Å². The Balaban J connectivity index is 1.26. The summed E-state index contributed by atoms with van der Waals surface area (Å²) in [6.45, 7) is 7.81. The van der Waals surface area contributed by atoms with Crippen LogP contribution < -0.4 is 5.32 Å². The number of nitrogens with one attached hydrogen (secondary N) is 1. The van der Waals surface area contributed by atoms with Gasteiger partial charge in [0.05, 0.1) is 6.10 Å². The molecule has 3 N–H and O–H groups in total. The summed E-state index contributed by atoms with van der Waals surface area (Å²) in [6, 6.07) is 23.5. The molecule has 0 unspecified atom stereocenters. The maximum Gasteiger partial charge on any atom is 0.303 e. The molecule has 4 rings (SSSR count). The fourth-order valence-electron chi connectivity index (χ4n) is 5.79. The number of rotatable bonds is 14. The lowest BCUT2D eigenvalue weighted by molar-refractivity contribution is -0.136. The molecule has 0 bridgehead atoms. The third kappa shape index (κ3) is 8.68. The van der Waals surface area contributed by atoms with Gasteiger partial charge in [0.2, 0.25) is 0 Å². The van der Waals surface area contributed by atoms with E-state index < -0.39 is 12.1 Å². The SMILES string of the molecule is CCc1cc(-c2ccc(CCC(=O)O)cc2)ccc1SN(C)C[C@H](O)CNC(C)(C)CC1Cc2ccccc2C1. The molecule has 3 aromatic carbocycles. The molecule has 0 spiro atoms. The Kier molecular flexibility index (Phi) is 10.5. The van der Waals surface area contributed by atoms with Gasteiger partial charge in [-0.2, -0.15) is 0 Å². The number of hydrogen-bond donors (Lipinski definition) is 3. The summed E-state index contributed by atoms with van der Waals surface area (Å²) >= 11 is 1.68. The molecule has 1 aliphatic carbocycles. The molecule has 1 atom stereocenters. The van der Waals surface area contributed by atoms with E-state index in [1.807, 2.05) is 19.2 Å². The van der Waals surface area contributed by atoms with Gasteiger partial charge >= 0.3 is 5.97 Å². The molecule has 214 valence electrons. The normalized spacial score (nSPS) is 14.4. The Morgan fingerprint density at radius 3 is 2.33 bits per heavy atom. The molecule has 3 aromatic rings. The number of carboxylic acids is 1. The van der Waals surface area contributed by atoms with Gasteiger partial charge in [-0.15, -0.1) is 0 Å². The van der Waals surface area contributed by atoms with Gasteiger partial charge in [0.25, 0.3) is 0 Å². The number of aliphatic hydroxyl groups excluding tert-OH is 1. The molecule has 6 heteroatoms. The Hall–Kier alpha value is -2.64. The highest BCUT2D eigenvalue weighted by Crippen LogP contribution is 2.33. The topological polar surface area (TPSA) is 72.8 Å². The zero-order valence-electron chi connectivity index (χ0n) is 24.3. The molecule has 40 heavy (non-hydrogen) atoms. The number of aryl methyl sites for hydroxylation is 2. The lowest BCUT2D eigenvalue weighted by atomic mass is 9.88. The van der Waals surface area contributed by atoms with E-state index in [4.69, 9.17) is 5.11 Å². The van der Waals surface area contributed by atoms with E-state index in [1.165, 1.54) is 21.6 Å². The first-order valence-electron chi connectivity index (χ1n) is 14.4. The average Bonchev–Trinajstić information content (AvgIpc) is 3.33. The van der Waals surface area contributed by atoms with Gasteiger partial charge < -0.3 is 15.5 Å². The van der Waals surface area contributed by atoms with Crippen LogP contribution in [-0.4, -0.2) is 52.3 Å². The Bertz CT molecular complexity index is 1250. The quantitative estimate of drug-likeness (QED) is 0.198. The van der Waals surface area contributed by atoms with Crippen molar-refractivity contribution in [2.45, 2.75) is 75.8 Å². The summed E-state index contributed by atoms with van der Waals surface area (Å²) in [4.78, 5) is 12.0. The van der Waals surface area contributed by atoms with Crippen molar-refractivity contribution in [1.82, 2.24) is 9.62 Å². The van der Waals surface area contributed by atoms with Gasteiger partial charge in [-0.05, 0) is 110 Å². The van der Waals surface area contributed by atoms with Crippen LogP contribution in [0.3, 0.4) is 0 Å². The minimum Gasteiger partial charge on any atom is -0.481 e. The van der Waals surface area contributed by atoms with Gasteiger partial charge in [0, 0.05) is 29.9 Å². The van der Waals surface area contributed by atoms with E-state index in [0.717, 1.165) is 42.4 Å². The molecule has 0 aromatic heterocycles. The van der Waals surface area contributed by atoms with Gasteiger partial charge in [-0.3, -0.25) is 4.79 Å². The fourth-order valence-corrected chi connectivity index (χ4v) is 6.82. The number of hydrogen-bond acceptors (Lipinski definition) is 5. The molecule has 0 saturated carbocycles. The highest BCUT2D eigenvalue weighted by molar-refractivity contribution is 7.97. The molecule has 0 aliphatic heterocycles. The van der Waals surface area contributed by atoms with E-state index >= 15 is 0 Å². The molecule has 1 aliphatic rings. The van der Waals surface area contributed by atoms with Crippen LogP contribution in [0.4, 0.5) is 0 Å².